The van der Waals surface area contributed by atoms with E-state index >= 15 is 0 Å². The molecule has 1 aromatic heterocycles. The first-order valence-electron chi connectivity index (χ1n) is 9.77. The summed E-state index contributed by atoms with van der Waals surface area (Å²) in [5.41, 5.74) is 2.52. The third kappa shape index (κ3) is 5.40. The molecular formula is C21H32IN5O. The molecule has 154 valence electrons. The number of para-hydroxylation sites is 1. The van der Waals surface area contributed by atoms with E-state index in [2.05, 4.69) is 47.5 Å². The average molecular weight is 497 g/mol. The minimum Gasteiger partial charge on any atom is -0.496 e. The van der Waals surface area contributed by atoms with Crippen molar-refractivity contribution in [3.63, 3.8) is 0 Å². The number of nitrogens with zero attached hydrogens (tertiary/aromatic N) is 4. The van der Waals surface area contributed by atoms with Crippen molar-refractivity contribution in [1.82, 2.24) is 20.0 Å². The lowest BCUT2D eigenvalue weighted by atomic mass is 10.0. The largest absolute Gasteiger partial charge is 0.496 e. The van der Waals surface area contributed by atoms with Crippen LogP contribution in [0.15, 0.2) is 41.7 Å². The molecule has 7 heteroatoms. The standard InChI is InChI=1S/C21H31N5O.HI/c1-5-22-21(23-12-16(2)19-8-6-7-9-20(19)27-4)26-11-10-17(15-26)18-13-24-25(3)14-18;/h6-9,13-14,16-17H,5,10-12,15H2,1-4H3,(H,22,23);1H. The Hall–Kier alpha value is -1.77. The van der Waals surface area contributed by atoms with Crippen molar-refractivity contribution in [2.75, 3.05) is 33.3 Å². The summed E-state index contributed by atoms with van der Waals surface area (Å²) < 4.78 is 7.38. The lowest BCUT2D eigenvalue weighted by Gasteiger charge is -2.22. The number of aliphatic imine (C=N–C) groups is 1. The first-order valence-corrected chi connectivity index (χ1v) is 9.77. The third-order valence-electron chi connectivity index (χ3n) is 5.20. The number of aryl methyl sites for hydroxylation is 1. The predicted octanol–water partition coefficient (Wildman–Crippen LogP) is 3.61. The van der Waals surface area contributed by atoms with E-state index in [9.17, 15) is 0 Å². The number of aromatic nitrogens is 2. The van der Waals surface area contributed by atoms with Crippen LogP contribution in [0.1, 0.15) is 43.2 Å². The van der Waals surface area contributed by atoms with E-state index in [0.29, 0.717) is 11.8 Å². The minimum atomic E-state index is 0. The number of hydrogen-bond acceptors (Lipinski definition) is 3. The van der Waals surface area contributed by atoms with E-state index in [1.807, 2.05) is 30.1 Å². The van der Waals surface area contributed by atoms with Crippen LogP contribution >= 0.6 is 24.0 Å². The summed E-state index contributed by atoms with van der Waals surface area (Å²) >= 11 is 0. The smallest absolute Gasteiger partial charge is 0.193 e. The fourth-order valence-electron chi connectivity index (χ4n) is 3.70. The number of likely N-dealkylation sites (tertiary alicyclic amines) is 1. The van der Waals surface area contributed by atoms with Crippen molar-refractivity contribution in [3.8, 4) is 5.75 Å². The van der Waals surface area contributed by atoms with Crippen molar-refractivity contribution in [1.29, 1.82) is 0 Å². The zero-order chi connectivity index (χ0) is 19.2. The van der Waals surface area contributed by atoms with Gasteiger partial charge in [-0.25, -0.2) is 0 Å². The summed E-state index contributed by atoms with van der Waals surface area (Å²) in [6.07, 6.45) is 5.25. The highest BCUT2D eigenvalue weighted by Crippen LogP contribution is 2.28. The average Bonchev–Trinajstić information content (AvgIpc) is 3.34. The highest BCUT2D eigenvalue weighted by atomic mass is 127. The topological polar surface area (TPSA) is 54.7 Å². The number of nitrogens with one attached hydrogen (secondary N) is 1. The van der Waals surface area contributed by atoms with Crippen LogP contribution in [-0.4, -0.2) is 53.9 Å². The zero-order valence-electron chi connectivity index (χ0n) is 17.3. The van der Waals surface area contributed by atoms with Gasteiger partial charge in [0, 0.05) is 51.3 Å². The van der Waals surface area contributed by atoms with Gasteiger partial charge in [0.25, 0.3) is 0 Å². The van der Waals surface area contributed by atoms with E-state index in [-0.39, 0.29) is 24.0 Å². The van der Waals surface area contributed by atoms with Crippen molar-refractivity contribution >= 4 is 29.9 Å². The lowest BCUT2D eigenvalue weighted by Crippen LogP contribution is -2.40. The number of halogens is 1. The second kappa shape index (κ2) is 10.7. The van der Waals surface area contributed by atoms with Crippen molar-refractivity contribution in [2.45, 2.75) is 32.1 Å². The predicted molar refractivity (Wildman–Crippen MR) is 125 cm³/mol. The molecule has 6 nitrogen and oxygen atoms in total. The molecule has 0 radical (unpaired) electrons. The van der Waals surface area contributed by atoms with Crippen molar-refractivity contribution in [2.24, 2.45) is 12.0 Å². The molecule has 2 heterocycles. The fraction of sp³-hybridized carbons (Fsp3) is 0.524. The summed E-state index contributed by atoms with van der Waals surface area (Å²) in [6.45, 7) is 7.93. The van der Waals surface area contributed by atoms with Gasteiger partial charge in [-0.1, -0.05) is 25.1 Å². The van der Waals surface area contributed by atoms with Gasteiger partial charge in [0.2, 0.25) is 0 Å². The fourth-order valence-corrected chi connectivity index (χ4v) is 3.70. The van der Waals surface area contributed by atoms with Crippen molar-refractivity contribution < 1.29 is 4.74 Å². The van der Waals surface area contributed by atoms with Gasteiger partial charge >= 0.3 is 0 Å². The highest BCUT2D eigenvalue weighted by molar-refractivity contribution is 14.0. The number of methoxy groups -OCH3 is 1. The van der Waals surface area contributed by atoms with Gasteiger partial charge < -0.3 is 15.0 Å². The number of ether oxygens (including phenoxy) is 1. The second-order valence-corrected chi connectivity index (χ2v) is 7.22. The Morgan fingerprint density at radius 3 is 2.86 bits per heavy atom. The minimum absolute atomic E-state index is 0. The molecule has 1 aromatic carbocycles. The van der Waals surface area contributed by atoms with Crippen LogP contribution in [0.4, 0.5) is 0 Å². The van der Waals surface area contributed by atoms with Gasteiger partial charge in [-0.3, -0.25) is 9.67 Å². The summed E-state index contributed by atoms with van der Waals surface area (Å²) in [7, 11) is 3.70. The molecule has 28 heavy (non-hydrogen) atoms. The number of guanidine groups is 1. The Labute approximate surface area is 185 Å². The van der Waals surface area contributed by atoms with Crippen LogP contribution in [0.5, 0.6) is 5.75 Å². The second-order valence-electron chi connectivity index (χ2n) is 7.22. The van der Waals surface area contributed by atoms with Gasteiger partial charge in [0.05, 0.1) is 13.3 Å². The highest BCUT2D eigenvalue weighted by Gasteiger charge is 2.27. The maximum atomic E-state index is 5.50. The molecule has 0 bridgehead atoms. The molecule has 1 fully saturated rings. The van der Waals surface area contributed by atoms with E-state index in [1.165, 1.54) is 11.1 Å². The SMILES string of the molecule is CCNC(=NCC(C)c1ccccc1OC)N1CCC(c2cnn(C)c2)C1.I. The Bertz CT molecular complexity index is 776. The lowest BCUT2D eigenvalue weighted by molar-refractivity contribution is 0.406. The van der Waals surface area contributed by atoms with E-state index in [4.69, 9.17) is 9.73 Å². The van der Waals surface area contributed by atoms with Gasteiger partial charge in [-0.05, 0) is 30.5 Å². The molecule has 1 aliphatic heterocycles. The van der Waals surface area contributed by atoms with E-state index < -0.39 is 0 Å². The number of benzene rings is 1. The zero-order valence-corrected chi connectivity index (χ0v) is 19.6. The molecule has 2 atom stereocenters. The van der Waals surface area contributed by atoms with Crippen LogP contribution in [0.3, 0.4) is 0 Å². The maximum absolute atomic E-state index is 5.50. The Kier molecular flexibility index (Phi) is 8.59. The van der Waals surface area contributed by atoms with Gasteiger partial charge in [0.1, 0.15) is 5.75 Å². The summed E-state index contributed by atoms with van der Waals surface area (Å²) in [5.74, 6) is 2.76. The monoisotopic (exact) mass is 497 g/mol. The molecule has 1 saturated heterocycles. The van der Waals surface area contributed by atoms with E-state index in [0.717, 1.165) is 44.3 Å². The molecule has 1 N–H and O–H groups in total. The molecular weight excluding hydrogens is 465 g/mol. The van der Waals surface area contributed by atoms with Crippen LogP contribution in [0.25, 0.3) is 0 Å². The maximum Gasteiger partial charge on any atom is 0.193 e. The van der Waals surface area contributed by atoms with Crippen LogP contribution in [0, 0.1) is 0 Å². The molecule has 3 rings (SSSR count). The Morgan fingerprint density at radius 1 is 1.39 bits per heavy atom. The summed E-state index contributed by atoms with van der Waals surface area (Å²) in [6, 6.07) is 8.20. The first-order chi connectivity index (χ1) is 13.1. The van der Waals surface area contributed by atoms with Gasteiger partial charge in [-0.2, -0.15) is 5.10 Å². The quantitative estimate of drug-likeness (QED) is 0.377. The molecule has 2 aromatic rings. The molecule has 1 aliphatic rings. The molecule has 0 aliphatic carbocycles. The first kappa shape index (κ1) is 22.5. The Balaban J connectivity index is 0.00000280. The normalized spacial score (nSPS) is 17.9. The van der Waals surface area contributed by atoms with Gasteiger partial charge in [-0.15, -0.1) is 24.0 Å². The molecule has 0 amide bonds. The molecule has 2 unspecified atom stereocenters. The van der Waals surface area contributed by atoms with Crippen molar-refractivity contribution in [3.05, 3.63) is 47.8 Å². The summed E-state index contributed by atoms with van der Waals surface area (Å²) in [4.78, 5) is 7.31. The van der Waals surface area contributed by atoms with E-state index in [1.54, 1.807) is 7.11 Å². The van der Waals surface area contributed by atoms with Crippen LogP contribution in [-0.2, 0) is 7.05 Å². The van der Waals surface area contributed by atoms with Crippen LogP contribution < -0.4 is 10.1 Å². The third-order valence-corrected chi connectivity index (χ3v) is 5.20. The number of hydrogen-bond donors (Lipinski definition) is 1. The summed E-state index contributed by atoms with van der Waals surface area (Å²) in [5, 5.41) is 7.78. The van der Waals surface area contributed by atoms with Crippen LogP contribution in [0.2, 0.25) is 0 Å². The molecule has 0 spiro atoms. The van der Waals surface area contributed by atoms with Gasteiger partial charge in [0.15, 0.2) is 5.96 Å². The molecule has 0 saturated carbocycles. The number of rotatable bonds is 6. The Morgan fingerprint density at radius 2 is 2.18 bits per heavy atom.